The second kappa shape index (κ2) is 12.2. The molecule has 1 aromatic heterocycles. The predicted octanol–water partition coefficient (Wildman–Crippen LogP) is 2.55. The van der Waals surface area contributed by atoms with Gasteiger partial charge in [-0.3, -0.25) is 13.8 Å². The van der Waals surface area contributed by atoms with E-state index in [1.165, 1.54) is 6.07 Å². The van der Waals surface area contributed by atoms with Crippen molar-refractivity contribution in [2.24, 2.45) is 0 Å². The number of carbonyl (C=O) groups is 1. The molecule has 2 heterocycles. The zero-order valence-electron chi connectivity index (χ0n) is 17.3. The van der Waals surface area contributed by atoms with Crippen LogP contribution in [0.1, 0.15) is 64.0 Å². The SMILES string of the molecule is O=C(CCCCCCCCCCF)Nc1ccn([C@H]2O[C@@H](CO)[C@H](O)C2(F)F)c(=O)n1. The number of alkyl halides is 3. The van der Waals surface area contributed by atoms with Crippen LogP contribution in [-0.2, 0) is 9.53 Å². The van der Waals surface area contributed by atoms with Crippen molar-refractivity contribution in [3.8, 4) is 0 Å². The average molecular weight is 449 g/mol. The molecule has 1 aliphatic rings. The van der Waals surface area contributed by atoms with Gasteiger partial charge in [-0.25, -0.2) is 4.79 Å². The number of amides is 1. The summed E-state index contributed by atoms with van der Waals surface area (Å²) >= 11 is 0. The number of nitrogens with one attached hydrogen (secondary N) is 1. The van der Waals surface area contributed by atoms with Crippen LogP contribution in [-0.4, -0.2) is 57.1 Å². The van der Waals surface area contributed by atoms with E-state index < -0.39 is 36.7 Å². The fourth-order valence-corrected chi connectivity index (χ4v) is 3.43. The number of aliphatic hydroxyl groups excluding tert-OH is 2. The molecule has 31 heavy (non-hydrogen) atoms. The summed E-state index contributed by atoms with van der Waals surface area (Å²) in [5, 5.41) is 21.0. The lowest BCUT2D eigenvalue weighted by Gasteiger charge is -2.21. The molecule has 0 bridgehead atoms. The molecule has 3 atom stereocenters. The van der Waals surface area contributed by atoms with Crippen molar-refractivity contribution in [2.75, 3.05) is 18.6 Å². The molecule has 3 N–H and O–H groups in total. The van der Waals surface area contributed by atoms with Gasteiger partial charge in [0.05, 0.1) is 13.3 Å². The van der Waals surface area contributed by atoms with Gasteiger partial charge in [0, 0.05) is 12.6 Å². The van der Waals surface area contributed by atoms with Gasteiger partial charge in [0.15, 0.2) is 6.10 Å². The zero-order valence-corrected chi connectivity index (χ0v) is 17.3. The van der Waals surface area contributed by atoms with Crippen LogP contribution in [0.25, 0.3) is 0 Å². The molecule has 2 rings (SSSR count). The first-order chi connectivity index (χ1) is 14.8. The van der Waals surface area contributed by atoms with E-state index in [0.29, 0.717) is 17.4 Å². The average Bonchev–Trinajstić information content (AvgIpc) is 2.96. The van der Waals surface area contributed by atoms with E-state index in [1.54, 1.807) is 0 Å². The molecule has 1 amide bonds. The van der Waals surface area contributed by atoms with Crippen molar-refractivity contribution >= 4 is 11.7 Å². The number of unbranched alkanes of at least 4 members (excludes halogenated alkanes) is 7. The molecule has 0 saturated carbocycles. The lowest BCUT2D eigenvalue weighted by Crippen LogP contribution is -2.41. The van der Waals surface area contributed by atoms with Crippen LogP contribution in [0.2, 0.25) is 0 Å². The topological polar surface area (TPSA) is 114 Å². The van der Waals surface area contributed by atoms with Crippen molar-refractivity contribution in [1.29, 1.82) is 0 Å². The molecule has 1 aromatic rings. The van der Waals surface area contributed by atoms with Gasteiger partial charge in [0.25, 0.3) is 0 Å². The first-order valence-electron chi connectivity index (χ1n) is 10.6. The fourth-order valence-electron chi connectivity index (χ4n) is 3.43. The van der Waals surface area contributed by atoms with Crippen LogP contribution in [0.4, 0.5) is 19.0 Å². The van der Waals surface area contributed by atoms with Crippen LogP contribution in [0.3, 0.4) is 0 Å². The third-order valence-electron chi connectivity index (χ3n) is 5.20. The van der Waals surface area contributed by atoms with Crippen molar-refractivity contribution in [1.82, 2.24) is 9.55 Å². The standard InChI is InChI=1S/C20H30F3N3O5/c21-11-8-6-4-2-1-3-5-7-9-16(28)24-15-10-12-26(19(30)25-15)18-20(22,23)17(29)14(13-27)31-18/h10,12,14,17-18,27,29H,1-9,11,13H2,(H,24,25,28,30)/t14-,17-,18-/m0/s1. The van der Waals surface area contributed by atoms with Crippen LogP contribution < -0.4 is 11.0 Å². The molecule has 0 unspecified atom stereocenters. The molecule has 8 nitrogen and oxygen atoms in total. The van der Waals surface area contributed by atoms with Gasteiger partial charge < -0.3 is 20.3 Å². The third kappa shape index (κ3) is 7.01. The van der Waals surface area contributed by atoms with Gasteiger partial charge in [-0.15, -0.1) is 0 Å². The molecule has 11 heteroatoms. The van der Waals surface area contributed by atoms with E-state index in [2.05, 4.69) is 10.3 Å². The number of hydrogen-bond donors (Lipinski definition) is 3. The second-order valence-corrected chi connectivity index (χ2v) is 7.65. The lowest BCUT2D eigenvalue weighted by molar-refractivity contribution is -0.141. The molecular weight excluding hydrogens is 419 g/mol. The molecule has 1 saturated heterocycles. The van der Waals surface area contributed by atoms with Crippen LogP contribution >= 0.6 is 0 Å². The van der Waals surface area contributed by atoms with Gasteiger partial charge in [0.1, 0.15) is 11.9 Å². The highest BCUT2D eigenvalue weighted by atomic mass is 19.3. The maximum Gasteiger partial charge on any atom is 0.351 e. The highest BCUT2D eigenvalue weighted by Crippen LogP contribution is 2.41. The summed E-state index contributed by atoms with van der Waals surface area (Å²) in [6.45, 7) is -1.10. The normalized spacial score (nSPS) is 22.5. The van der Waals surface area contributed by atoms with Gasteiger partial charge in [0.2, 0.25) is 12.1 Å². The predicted molar refractivity (Wildman–Crippen MR) is 107 cm³/mol. The summed E-state index contributed by atoms with van der Waals surface area (Å²) in [5.74, 6) is -4.21. The number of anilines is 1. The summed E-state index contributed by atoms with van der Waals surface area (Å²) in [6, 6.07) is 1.19. The minimum absolute atomic E-state index is 0.0697. The van der Waals surface area contributed by atoms with E-state index in [0.717, 1.165) is 44.7 Å². The highest BCUT2D eigenvalue weighted by Gasteiger charge is 2.59. The van der Waals surface area contributed by atoms with Crippen molar-refractivity contribution < 1.29 is 32.9 Å². The Balaban J connectivity index is 1.78. The number of ether oxygens (including phenoxy) is 1. The Morgan fingerprint density at radius 3 is 2.32 bits per heavy atom. The third-order valence-corrected chi connectivity index (χ3v) is 5.20. The van der Waals surface area contributed by atoms with Gasteiger partial charge in [-0.1, -0.05) is 38.5 Å². The number of aromatic nitrogens is 2. The van der Waals surface area contributed by atoms with Crippen molar-refractivity contribution in [3.63, 3.8) is 0 Å². The molecule has 0 radical (unpaired) electrons. The Labute approximate surface area is 178 Å². The summed E-state index contributed by atoms with van der Waals surface area (Å²) in [5.41, 5.74) is -1.08. The molecule has 1 fully saturated rings. The Morgan fingerprint density at radius 1 is 1.16 bits per heavy atom. The molecule has 1 aliphatic heterocycles. The summed E-state index contributed by atoms with van der Waals surface area (Å²) in [4.78, 5) is 27.7. The summed E-state index contributed by atoms with van der Waals surface area (Å²) < 4.78 is 45.7. The number of aliphatic hydroxyl groups is 2. The van der Waals surface area contributed by atoms with Crippen molar-refractivity contribution in [3.05, 3.63) is 22.7 Å². The first-order valence-corrected chi connectivity index (χ1v) is 10.6. The van der Waals surface area contributed by atoms with Crippen LogP contribution in [0.5, 0.6) is 0 Å². The van der Waals surface area contributed by atoms with Crippen molar-refractivity contribution in [2.45, 2.75) is 82.1 Å². The van der Waals surface area contributed by atoms with Crippen LogP contribution in [0.15, 0.2) is 17.1 Å². The molecular formula is C20H30F3N3O5. The highest BCUT2D eigenvalue weighted by molar-refractivity contribution is 5.89. The monoisotopic (exact) mass is 449 g/mol. The summed E-state index contributed by atoms with van der Waals surface area (Å²) in [6.07, 6.45) is 2.46. The van der Waals surface area contributed by atoms with Gasteiger partial charge in [-0.05, 0) is 18.9 Å². The number of halogens is 3. The largest absolute Gasteiger partial charge is 0.394 e. The Hall–Kier alpha value is -1.98. The summed E-state index contributed by atoms with van der Waals surface area (Å²) in [7, 11) is 0. The maximum atomic E-state index is 14.2. The number of hydrogen-bond acceptors (Lipinski definition) is 6. The van der Waals surface area contributed by atoms with E-state index in [4.69, 9.17) is 9.84 Å². The number of rotatable bonds is 13. The molecule has 0 aromatic carbocycles. The smallest absolute Gasteiger partial charge is 0.351 e. The van der Waals surface area contributed by atoms with Gasteiger partial charge >= 0.3 is 11.6 Å². The van der Waals surface area contributed by atoms with E-state index in [9.17, 15) is 27.9 Å². The van der Waals surface area contributed by atoms with E-state index in [-0.39, 0.29) is 24.8 Å². The maximum absolute atomic E-state index is 14.2. The number of nitrogens with zero attached hydrogens (tertiary/aromatic N) is 2. The lowest BCUT2D eigenvalue weighted by atomic mass is 10.1. The van der Waals surface area contributed by atoms with Gasteiger partial charge in [-0.2, -0.15) is 13.8 Å². The Morgan fingerprint density at radius 2 is 1.77 bits per heavy atom. The number of carbonyl (C=O) groups excluding carboxylic acids is 1. The first kappa shape index (κ1) is 25.3. The van der Waals surface area contributed by atoms with E-state index in [1.807, 2.05) is 0 Å². The Kier molecular flexibility index (Phi) is 9.92. The van der Waals surface area contributed by atoms with Crippen LogP contribution in [0, 0.1) is 0 Å². The minimum Gasteiger partial charge on any atom is -0.394 e. The Bertz CT molecular complexity index is 762. The minimum atomic E-state index is -3.79. The quantitative estimate of drug-likeness (QED) is 0.399. The zero-order chi connectivity index (χ0) is 22.9. The molecule has 0 spiro atoms. The van der Waals surface area contributed by atoms with E-state index >= 15 is 0 Å². The second-order valence-electron chi connectivity index (χ2n) is 7.65. The molecule has 176 valence electrons. The fraction of sp³-hybridized carbons (Fsp3) is 0.750. The molecule has 0 aliphatic carbocycles.